The van der Waals surface area contributed by atoms with Gasteiger partial charge in [-0.1, -0.05) is 54.4 Å². The van der Waals surface area contributed by atoms with Crippen molar-refractivity contribution in [3.05, 3.63) is 46.6 Å². The minimum absolute atomic E-state index is 0.324. The minimum Gasteiger partial charge on any atom is -0.476 e. The zero-order valence-corrected chi connectivity index (χ0v) is 18.8. The van der Waals surface area contributed by atoms with Gasteiger partial charge in [0.25, 0.3) is 0 Å². The van der Waals surface area contributed by atoms with E-state index in [1.54, 1.807) is 0 Å². The topological polar surface area (TPSA) is 21.6 Å². The van der Waals surface area contributed by atoms with E-state index in [9.17, 15) is 0 Å². The highest BCUT2D eigenvalue weighted by Gasteiger charge is 2.20. The van der Waals surface area contributed by atoms with Gasteiger partial charge in [0.2, 0.25) is 5.90 Å². The second kappa shape index (κ2) is 12.8. The molecule has 2 nitrogen and oxygen atoms in total. The zero-order chi connectivity index (χ0) is 20.2. The van der Waals surface area contributed by atoms with E-state index in [1.165, 1.54) is 28.7 Å². The molecule has 1 rings (SSSR count). The molecule has 1 atom stereocenters. The van der Waals surface area contributed by atoms with E-state index in [-0.39, 0.29) is 0 Å². The molecule has 0 aromatic heterocycles. The monoisotopic (exact) mass is 371 g/mol. The third-order valence-electron chi connectivity index (χ3n) is 4.99. The Morgan fingerprint density at radius 1 is 0.889 bits per heavy atom. The molecule has 1 heterocycles. The van der Waals surface area contributed by atoms with Crippen molar-refractivity contribution in [2.75, 3.05) is 6.61 Å². The van der Waals surface area contributed by atoms with Crippen LogP contribution in [0.15, 0.2) is 51.6 Å². The number of ether oxygens (including phenoxy) is 1. The van der Waals surface area contributed by atoms with Crippen LogP contribution in [0.1, 0.15) is 87.0 Å². The molecule has 1 unspecified atom stereocenters. The average Bonchev–Trinajstić information content (AvgIpc) is 3.03. The summed E-state index contributed by atoms with van der Waals surface area (Å²) >= 11 is 0. The van der Waals surface area contributed by atoms with Gasteiger partial charge in [-0.05, 0) is 85.1 Å². The second-order valence-corrected chi connectivity index (χ2v) is 8.58. The lowest BCUT2D eigenvalue weighted by molar-refractivity contribution is 0.292. The lowest BCUT2D eigenvalue weighted by atomic mass is 10.0. The molecule has 1 aliphatic rings. The van der Waals surface area contributed by atoms with Gasteiger partial charge in [0, 0.05) is 0 Å². The van der Waals surface area contributed by atoms with Gasteiger partial charge >= 0.3 is 0 Å². The Morgan fingerprint density at radius 2 is 1.41 bits per heavy atom. The quantitative estimate of drug-likeness (QED) is 0.343. The number of nitrogens with zero attached hydrogens (tertiary/aromatic N) is 1. The smallest absolute Gasteiger partial charge is 0.208 e. The van der Waals surface area contributed by atoms with E-state index in [2.05, 4.69) is 77.8 Å². The summed E-state index contributed by atoms with van der Waals surface area (Å²) in [6, 6.07) is 0.324. The summed E-state index contributed by atoms with van der Waals surface area (Å²) in [5.74, 6) is 1.37. The molecule has 0 aromatic carbocycles. The Morgan fingerprint density at radius 3 is 1.89 bits per heavy atom. The number of allylic oxidation sites excluding steroid dienone is 7. The number of rotatable bonds is 11. The van der Waals surface area contributed by atoms with Crippen LogP contribution < -0.4 is 0 Å². The van der Waals surface area contributed by atoms with Gasteiger partial charge in [0.1, 0.15) is 6.61 Å². The number of hydrogen-bond donors (Lipinski definition) is 0. The van der Waals surface area contributed by atoms with Crippen molar-refractivity contribution in [3.8, 4) is 0 Å². The first kappa shape index (κ1) is 23.5. The highest BCUT2D eigenvalue weighted by Crippen LogP contribution is 2.17. The summed E-state index contributed by atoms with van der Waals surface area (Å²) in [6.45, 7) is 16.1. The Hall–Kier alpha value is -1.57. The Balaban J connectivity index is 2.31. The van der Waals surface area contributed by atoms with Crippen LogP contribution in [-0.2, 0) is 4.74 Å². The van der Waals surface area contributed by atoms with Gasteiger partial charge in [-0.15, -0.1) is 0 Å². The van der Waals surface area contributed by atoms with E-state index in [0.717, 1.165) is 44.6 Å². The molecule has 152 valence electrons. The normalized spacial score (nSPS) is 18.6. The maximum atomic E-state index is 5.69. The number of aliphatic imine (C=N–C) groups is 1. The second-order valence-electron chi connectivity index (χ2n) is 8.58. The van der Waals surface area contributed by atoms with E-state index in [0.29, 0.717) is 12.0 Å². The Kier molecular flexibility index (Phi) is 11.1. The Bertz CT molecular complexity index is 598. The van der Waals surface area contributed by atoms with Gasteiger partial charge in [-0.2, -0.15) is 0 Å². The predicted molar refractivity (Wildman–Crippen MR) is 120 cm³/mol. The van der Waals surface area contributed by atoms with Gasteiger partial charge < -0.3 is 4.74 Å². The first-order valence-corrected chi connectivity index (χ1v) is 10.6. The van der Waals surface area contributed by atoms with Crippen LogP contribution in [0, 0.1) is 5.92 Å². The SMILES string of the molecule is CC(C)=CCCC(C)=CCCC(C)=CCCC(C)=CC1=NC(C(C)C)CO1. The van der Waals surface area contributed by atoms with Crippen LogP contribution in [0.5, 0.6) is 0 Å². The van der Waals surface area contributed by atoms with E-state index in [1.807, 2.05) is 0 Å². The maximum Gasteiger partial charge on any atom is 0.208 e. The van der Waals surface area contributed by atoms with Crippen LogP contribution in [0.2, 0.25) is 0 Å². The van der Waals surface area contributed by atoms with Gasteiger partial charge in [0.15, 0.2) is 0 Å². The molecule has 1 aliphatic heterocycles. The van der Waals surface area contributed by atoms with Crippen LogP contribution >= 0.6 is 0 Å². The molecule has 0 aliphatic carbocycles. The highest BCUT2D eigenvalue weighted by atomic mass is 16.5. The largest absolute Gasteiger partial charge is 0.476 e. The minimum atomic E-state index is 0.324. The molecule has 0 saturated heterocycles. The van der Waals surface area contributed by atoms with E-state index < -0.39 is 0 Å². The van der Waals surface area contributed by atoms with Crippen molar-refractivity contribution in [2.24, 2.45) is 10.9 Å². The molecule has 0 aromatic rings. The van der Waals surface area contributed by atoms with Gasteiger partial charge in [0.05, 0.1) is 6.04 Å². The molecular weight excluding hydrogens is 330 g/mol. The van der Waals surface area contributed by atoms with Gasteiger partial charge in [-0.25, -0.2) is 4.99 Å². The summed E-state index contributed by atoms with van der Waals surface area (Å²) in [7, 11) is 0. The standard InChI is InChI=1S/C25H41NO/c1-19(2)11-8-12-21(5)13-9-14-22(6)15-10-16-23(7)17-25-26-24(18-27-25)20(3)4/h11,13,15,17,20,24H,8-10,12,14,16,18H2,1-7H3. The summed E-state index contributed by atoms with van der Waals surface area (Å²) < 4.78 is 5.69. The lowest BCUT2D eigenvalue weighted by Gasteiger charge is -2.06. The lowest BCUT2D eigenvalue weighted by Crippen LogP contribution is -2.13. The molecule has 0 bridgehead atoms. The molecule has 0 N–H and O–H groups in total. The molecule has 0 saturated carbocycles. The first-order chi connectivity index (χ1) is 12.8. The molecule has 0 fully saturated rings. The van der Waals surface area contributed by atoms with Crippen molar-refractivity contribution in [3.63, 3.8) is 0 Å². The fourth-order valence-electron chi connectivity index (χ4n) is 3.00. The van der Waals surface area contributed by atoms with E-state index >= 15 is 0 Å². The van der Waals surface area contributed by atoms with Crippen molar-refractivity contribution in [2.45, 2.75) is 93.0 Å². The fourth-order valence-corrected chi connectivity index (χ4v) is 3.00. The third-order valence-corrected chi connectivity index (χ3v) is 4.99. The van der Waals surface area contributed by atoms with Crippen LogP contribution in [-0.4, -0.2) is 18.5 Å². The van der Waals surface area contributed by atoms with Crippen molar-refractivity contribution < 1.29 is 4.74 Å². The van der Waals surface area contributed by atoms with Crippen LogP contribution in [0.4, 0.5) is 0 Å². The molecule has 0 radical (unpaired) electrons. The van der Waals surface area contributed by atoms with Crippen molar-refractivity contribution in [1.82, 2.24) is 0 Å². The number of hydrogen-bond acceptors (Lipinski definition) is 2. The van der Waals surface area contributed by atoms with Crippen molar-refractivity contribution in [1.29, 1.82) is 0 Å². The molecule has 0 spiro atoms. The third kappa shape index (κ3) is 11.0. The molecular formula is C25H41NO. The molecule has 2 heteroatoms. The van der Waals surface area contributed by atoms with Crippen molar-refractivity contribution >= 4 is 5.90 Å². The van der Waals surface area contributed by atoms with E-state index in [4.69, 9.17) is 4.74 Å². The fraction of sp³-hybridized carbons (Fsp3) is 0.640. The summed E-state index contributed by atoms with van der Waals surface area (Å²) in [4.78, 5) is 4.65. The maximum absolute atomic E-state index is 5.69. The summed E-state index contributed by atoms with van der Waals surface area (Å²) in [5, 5.41) is 0. The Labute approximate surface area is 168 Å². The van der Waals surface area contributed by atoms with Crippen LogP contribution in [0.25, 0.3) is 0 Å². The summed E-state index contributed by atoms with van der Waals surface area (Å²) in [6.07, 6.45) is 16.1. The molecule has 27 heavy (non-hydrogen) atoms. The predicted octanol–water partition coefficient (Wildman–Crippen LogP) is 7.59. The molecule has 0 amide bonds. The van der Waals surface area contributed by atoms with Gasteiger partial charge in [-0.3, -0.25) is 0 Å². The average molecular weight is 372 g/mol. The first-order valence-electron chi connectivity index (χ1n) is 10.6. The highest BCUT2D eigenvalue weighted by molar-refractivity contribution is 5.89. The van der Waals surface area contributed by atoms with Crippen LogP contribution in [0.3, 0.4) is 0 Å². The zero-order valence-electron chi connectivity index (χ0n) is 18.8. The summed E-state index contributed by atoms with van der Waals surface area (Å²) in [5.41, 5.74) is 5.76.